The maximum absolute atomic E-state index is 14.0. The second-order valence-electron chi connectivity index (χ2n) is 13.2. The highest BCUT2D eigenvalue weighted by molar-refractivity contribution is 6.06. The highest BCUT2D eigenvalue weighted by Crippen LogP contribution is 2.55. The van der Waals surface area contributed by atoms with Gasteiger partial charge in [0.2, 0.25) is 0 Å². The molecule has 1 heterocycles. The van der Waals surface area contributed by atoms with Gasteiger partial charge in [-0.25, -0.2) is 0 Å². The first-order chi connectivity index (χ1) is 19.5. The molecule has 0 amide bonds. The smallest absolute Gasteiger partial charge is 0.162 e. The van der Waals surface area contributed by atoms with Crippen LogP contribution in [0, 0.1) is 10.8 Å². The highest BCUT2D eigenvalue weighted by Gasteiger charge is 2.48. The van der Waals surface area contributed by atoms with Crippen molar-refractivity contribution >= 4 is 11.6 Å². The Morgan fingerprint density at radius 1 is 0.805 bits per heavy atom. The van der Waals surface area contributed by atoms with Gasteiger partial charge in [-0.15, -0.1) is 0 Å². The Hall–Kier alpha value is -3.38. The maximum atomic E-state index is 14.0. The Morgan fingerprint density at radius 2 is 1.41 bits per heavy atom. The predicted octanol–water partition coefficient (Wildman–Crippen LogP) is 7.00. The zero-order chi connectivity index (χ0) is 29.4. The van der Waals surface area contributed by atoms with E-state index in [2.05, 4.69) is 32.6 Å². The third-order valence-corrected chi connectivity index (χ3v) is 8.51. The number of carbonyl (C=O) groups excluding carboxylic acids is 2. The molecule has 5 rings (SSSR count). The van der Waals surface area contributed by atoms with Crippen LogP contribution >= 0.6 is 0 Å². The van der Waals surface area contributed by atoms with Crippen LogP contribution in [0.1, 0.15) is 76.8 Å². The lowest BCUT2D eigenvalue weighted by Crippen LogP contribution is -2.44. The molecule has 2 aromatic rings. The van der Waals surface area contributed by atoms with Crippen LogP contribution in [0.3, 0.4) is 0 Å². The van der Waals surface area contributed by atoms with E-state index < -0.39 is 5.92 Å². The first kappa shape index (κ1) is 29.1. The monoisotopic (exact) mass is 557 g/mol. The van der Waals surface area contributed by atoms with E-state index in [0.29, 0.717) is 37.6 Å². The molecular formula is C35H43NO5. The summed E-state index contributed by atoms with van der Waals surface area (Å²) in [5.74, 6) is 1.07. The number of carbonyl (C=O) groups is 2. The number of allylic oxidation sites excluding steroid dienone is 4. The molecule has 6 nitrogen and oxygen atoms in total. The molecule has 0 atom stereocenters. The van der Waals surface area contributed by atoms with Crippen molar-refractivity contribution in [1.29, 1.82) is 0 Å². The van der Waals surface area contributed by atoms with Gasteiger partial charge in [0.05, 0.1) is 7.11 Å². The van der Waals surface area contributed by atoms with Crippen LogP contribution < -0.4 is 9.47 Å². The minimum absolute atomic E-state index is 0.130. The summed E-state index contributed by atoms with van der Waals surface area (Å²) in [5.41, 5.74) is 5.33. The molecule has 0 N–H and O–H groups in total. The molecule has 41 heavy (non-hydrogen) atoms. The summed E-state index contributed by atoms with van der Waals surface area (Å²) in [5, 5.41) is 0. The lowest BCUT2D eigenvalue weighted by molar-refractivity contribution is -0.119. The van der Waals surface area contributed by atoms with Crippen LogP contribution in [0.25, 0.3) is 0 Å². The zero-order valence-corrected chi connectivity index (χ0v) is 25.3. The molecule has 2 aromatic carbocycles. The van der Waals surface area contributed by atoms with Gasteiger partial charge in [-0.3, -0.25) is 9.59 Å². The molecule has 0 radical (unpaired) electrons. The fourth-order valence-corrected chi connectivity index (χ4v) is 6.74. The van der Waals surface area contributed by atoms with Gasteiger partial charge in [0.25, 0.3) is 0 Å². The van der Waals surface area contributed by atoms with E-state index in [1.165, 1.54) is 0 Å². The molecule has 3 aliphatic rings. The van der Waals surface area contributed by atoms with E-state index in [9.17, 15) is 9.59 Å². The van der Waals surface area contributed by atoms with Crippen LogP contribution in [0.2, 0.25) is 0 Å². The molecule has 0 spiro atoms. The summed E-state index contributed by atoms with van der Waals surface area (Å²) in [6.45, 7) is 10.4. The minimum atomic E-state index is -0.414. The number of hydrogen-bond acceptors (Lipinski definition) is 6. The van der Waals surface area contributed by atoms with E-state index in [1.807, 2.05) is 48.5 Å². The highest BCUT2D eigenvalue weighted by atomic mass is 16.5. The first-order valence-electron chi connectivity index (χ1n) is 14.7. The number of nitrogens with zero attached hydrogens (tertiary/aromatic N) is 1. The van der Waals surface area contributed by atoms with Gasteiger partial charge in [0.15, 0.2) is 23.1 Å². The average molecular weight is 558 g/mol. The van der Waals surface area contributed by atoms with E-state index in [-0.39, 0.29) is 22.4 Å². The van der Waals surface area contributed by atoms with Crippen LogP contribution in [0.5, 0.6) is 11.5 Å². The summed E-state index contributed by atoms with van der Waals surface area (Å²) >= 11 is 0. The van der Waals surface area contributed by atoms with E-state index >= 15 is 0 Å². The zero-order valence-electron chi connectivity index (χ0n) is 25.3. The van der Waals surface area contributed by atoms with E-state index in [0.717, 1.165) is 59.5 Å². The molecule has 218 valence electrons. The minimum Gasteiger partial charge on any atom is -0.493 e. The third kappa shape index (κ3) is 5.99. The maximum Gasteiger partial charge on any atom is 0.162 e. The van der Waals surface area contributed by atoms with Crippen molar-refractivity contribution in [2.45, 2.75) is 72.3 Å². The molecule has 0 saturated carbocycles. The fraction of sp³-hybridized carbons (Fsp3) is 0.486. The van der Waals surface area contributed by atoms with Crippen LogP contribution in [0.15, 0.2) is 71.1 Å². The predicted molar refractivity (Wildman–Crippen MR) is 160 cm³/mol. The van der Waals surface area contributed by atoms with Crippen molar-refractivity contribution < 1.29 is 23.8 Å². The van der Waals surface area contributed by atoms with E-state index in [1.54, 1.807) is 14.2 Å². The molecule has 0 unspecified atom stereocenters. The molecular weight excluding hydrogens is 514 g/mol. The number of ketones is 2. The largest absolute Gasteiger partial charge is 0.493 e. The summed E-state index contributed by atoms with van der Waals surface area (Å²) in [6.07, 6.45) is 3.33. The normalized spacial score (nSPS) is 20.2. The van der Waals surface area contributed by atoms with Crippen molar-refractivity contribution in [2.75, 3.05) is 27.4 Å². The third-order valence-electron chi connectivity index (χ3n) is 8.51. The standard InChI is InChI=1S/C35H43NO5/c1-34(2)18-25-32(27(37)20-34)31(33-26(36(25)15-10-16-39-5)19-35(3,4)21-28(33)38)24-13-14-29(30(17-24)40-6)41-22-23-11-8-7-9-12-23/h7-9,11-14,17,31H,10,15-16,18-22H2,1-6H3. The molecule has 0 aromatic heterocycles. The quantitative estimate of drug-likeness (QED) is 0.310. The Kier molecular flexibility index (Phi) is 8.15. The number of hydrogen-bond donors (Lipinski definition) is 0. The number of methoxy groups -OCH3 is 2. The van der Waals surface area contributed by atoms with Crippen molar-refractivity contribution in [1.82, 2.24) is 4.90 Å². The van der Waals surface area contributed by atoms with Crippen LogP contribution in [0.4, 0.5) is 0 Å². The van der Waals surface area contributed by atoms with Crippen molar-refractivity contribution in [2.24, 2.45) is 10.8 Å². The van der Waals surface area contributed by atoms with Crippen molar-refractivity contribution in [3.8, 4) is 11.5 Å². The molecule has 2 aliphatic carbocycles. The molecule has 0 saturated heterocycles. The van der Waals surface area contributed by atoms with E-state index in [4.69, 9.17) is 14.2 Å². The molecule has 0 fully saturated rings. The Balaban J connectivity index is 1.62. The molecule has 6 heteroatoms. The van der Waals surface area contributed by atoms with Gasteiger partial charge < -0.3 is 19.1 Å². The summed E-state index contributed by atoms with van der Waals surface area (Å²) in [6, 6.07) is 15.9. The Morgan fingerprint density at radius 3 is 1.98 bits per heavy atom. The lowest BCUT2D eigenvalue weighted by Gasteiger charge is -2.49. The van der Waals surface area contributed by atoms with Crippen molar-refractivity contribution in [3.63, 3.8) is 0 Å². The topological polar surface area (TPSA) is 65.1 Å². The van der Waals surface area contributed by atoms with Crippen LogP contribution in [-0.4, -0.2) is 43.8 Å². The fourth-order valence-electron chi connectivity index (χ4n) is 6.74. The molecule has 1 aliphatic heterocycles. The molecule has 0 bridgehead atoms. The van der Waals surface area contributed by atoms with Gasteiger partial charge in [0.1, 0.15) is 6.61 Å². The number of ether oxygens (including phenoxy) is 3. The summed E-state index contributed by atoms with van der Waals surface area (Å²) in [4.78, 5) is 30.3. The second-order valence-corrected chi connectivity index (χ2v) is 13.2. The van der Waals surface area contributed by atoms with Gasteiger partial charge in [-0.1, -0.05) is 64.1 Å². The second kappa shape index (κ2) is 11.5. The SMILES string of the molecule is COCCCN1C2=C(C(=O)CC(C)(C)C2)C(c2ccc(OCc3ccccc3)c(OC)c2)C2=C1CC(C)(C)CC2=O. The van der Waals surface area contributed by atoms with Gasteiger partial charge in [-0.05, 0) is 53.4 Å². The number of benzene rings is 2. The Bertz CT molecular complexity index is 1330. The Labute approximate surface area is 244 Å². The first-order valence-corrected chi connectivity index (χ1v) is 14.7. The van der Waals surface area contributed by atoms with Crippen LogP contribution in [-0.2, 0) is 20.9 Å². The number of Topliss-reactive ketones (excluding diaryl/α,β-unsaturated/α-hetero) is 2. The van der Waals surface area contributed by atoms with Crippen molar-refractivity contribution in [3.05, 3.63) is 82.2 Å². The van der Waals surface area contributed by atoms with Gasteiger partial charge in [0, 0.05) is 61.6 Å². The number of rotatable bonds is 9. The van der Waals surface area contributed by atoms with Gasteiger partial charge >= 0.3 is 0 Å². The summed E-state index contributed by atoms with van der Waals surface area (Å²) in [7, 11) is 3.34. The van der Waals surface area contributed by atoms with Gasteiger partial charge in [-0.2, -0.15) is 0 Å². The summed E-state index contributed by atoms with van der Waals surface area (Å²) < 4.78 is 17.3. The average Bonchev–Trinajstić information content (AvgIpc) is 2.91. The lowest BCUT2D eigenvalue weighted by atomic mass is 9.63.